The van der Waals surface area contributed by atoms with Gasteiger partial charge in [0.1, 0.15) is 5.82 Å². The highest BCUT2D eigenvalue weighted by Gasteiger charge is 2.16. The minimum atomic E-state index is -0.362. The van der Waals surface area contributed by atoms with Crippen LogP contribution >= 0.6 is 0 Å². The number of rotatable bonds is 1. The molecule has 1 saturated heterocycles. The van der Waals surface area contributed by atoms with Crippen molar-refractivity contribution in [2.45, 2.75) is 6.42 Å². The van der Waals surface area contributed by atoms with Crippen molar-refractivity contribution in [1.29, 1.82) is 0 Å². The van der Waals surface area contributed by atoms with Crippen LogP contribution in [-0.2, 0) is 0 Å². The van der Waals surface area contributed by atoms with E-state index in [1.807, 2.05) is 0 Å². The van der Waals surface area contributed by atoms with E-state index in [-0.39, 0.29) is 11.7 Å². The van der Waals surface area contributed by atoms with Gasteiger partial charge in [-0.1, -0.05) is 6.07 Å². The molecule has 0 atom stereocenters. The summed E-state index contributed by atoms with van der Waals surface area (Å²) >= 11 is 0. The van der Waals surface area contributed by atoms with Crippen LogP contribution in [0.2, 0.25) is 0 Å². The Kier molecular flexibility index (Phi) is 3.51. The predicted molar refractivity (Wildman–Crippen MR) is 59.8 cm³/mol. The summed E-state index contributed by atoms with van der Waals surface area (Å²) in [7, 11) is 0. The van der Waals surface area contributed by atoms with Crippen LogP contribution in [0.25, 0.3) is 0 Å². The zero-order valence-corrected chi connectivity index (χ0v) is 9.08. The molecule has 0 spiro atoms. The van der Waals surface area contributed by atoms with Crippen LogP contribution in [0, 0.1) is 5.82 Å². The quantitative estimate of drug-likeness (QED) is 0.776. The summed E-state index contributed by atoms with van der Waals surface area (Å²) in [6.07, 6.45) is 0.945. The van der Waals surface area contributed by atoms with Gasteiger partial charge in [0.25, 0.3) is 5.91 Å². The van der Waals surface area contributed by atoms with E-state index in [4.69, 9.17) is 0 Å². The Morgan fingerprint density at radius 2 is 2.19 bits per heavy atom. The molecule has 1 aliphatic heterocycles. The van der Waals surface area contributed by atoms with Gasteiger partial charge in [0.15, 0.2) is 0 Å². The van der Waals surface area contributed by atoms with Gasteiger partial charge in [0, 0.05) is 25.2 Å². The van der Waals surface area contributed by atoms with Crippen LogP contribution in [0.15, 0.2) is 24.3 Å². The molecule has 16 heavy (non-hydrogen) atoms. The highest BCUT2D eigenvalue weighted by Crippen LogP contribution is 2.08. The number of hydrogen-bond donors (Lipinski definition) is 1. The van der Waals surface area contributed by atoms with Gasteiger partial charge in [-0.05, 0) is 31.2 Å². The van der Waals surface area contributed by atoms with Crippen LogP contribution in [0.1, 0.15) is 16.8 Å². The van der Waals surface area contributed by atoms with Gasteiger partial charge >= 0.3 is 0 Å². The van der Waals surface area contributed by atoms with Gasteiger partial charge in [-0.3, -0.25) is 4.79 Å². The van der Waals surface area contributed by atoms with Crippen molar-refractivity contribution in [1.82, 2.24) is 10.2 Å². The monoisotopic (exact) mass is 222 g/mol. The average Bonchev–Trinajstić information content (AvgIpc) is 2.56. The van der Waals surface area contributed by atoms with Gasteiger partial charge in [0.2, 0.25) is 0 Å². The first-order valence-electron chi connectivity index (χ1n) is 5.53. The number of nitrogens with one attached hydrogen (secondary N) is 1. The lowest BCUT2D eigenvalue weighted by molar-refractivity contribution is 0.0766. The highest BCUT2D eigenvalue weighted by molar-refractivity contribution is 5.94. The molecule has 1 amide bonds. The normalized spacial score (nSPS) is 16.9. The lowest BCUT2D eigenvalue weighted by Crippen LogP contribution is -2.34. The molecule has 1 heterocycles. The molecule has 0 unspecified atom stereocenters. The number of hydrogen-bond acceptors (Lipinski definition) is 2. The lowest BCUT2D eigenvalue weighted by atomic mass is 10.2. The Morgan fingerprint density at radius 1 is 1.31 bits per heavy atom. The van der Waals surface area contributed by atoms with E-state index in [9.17, 15) is 9.18 Å². The second-order valence-corrected chi connectivity index (χ2v) is 3.91. The first-order valence-corrected chi connectivity index (χ1v) is 5.53. The molecule has 4 heteroatoms. The van der Waals surface area contributed by atoms with Crippen LogP contribution < -0.4 is 5.32 Å². The fraction of sp³-hybridized carbons (Fsp3) is 0.417. The van der Waals surface area contributed by atoms with Crippen molar-refractivity contribution >= 4 is 5.91 Å². The van der Waals surface area contributed by atoms with Crippen LogP contribution in [0.3, 0.4) is 0 Å². The third kappa shape index (κ3) is 2.58. The molecular formula is C12H15FN2O. The summed E-state index contributed by atoms with van der Waals surface area (Å²) in [6.45, 7) is 3.17. The Balaban J connectivity index is 2.11. The summed E-state index contributed by atoms with van der Waals surface area (Å²) in [5.74, 6) is -0.443. The third-order valence-corrected chi connectivity index (χ3v) is 2.70. The zero-order valence-electron chi connectivity index (χ0n) is 9.08. The Morgan fingerprint density at radius 3 is 3.00 bits per heavy atom. The standard InChI is InChI=1S/C12H15FN2O/c13-11-4-1-3-10(9-11)12(16)15-7-2-5-14-6-8-15/h1,3-4,9,14H,2,5-8H2. The first kappa shape index (κ1) is 11.1. The summed E-state index contributed by atoms with van der Waals surface area (Å²) in [5, 5.41) is 3.23. The molecule has 2 rings (SSSR count). The number of nitrogens with zero attached hydrogens (tertiary/aromatic N) is 1. The molecule has 0 bridgehead atoms. The van der Waals surface area contributed by atoms with Crippen molar-refractivity contribution in [3.05, 3.63) is 35.6 Å². The summed E-state index contributed by atoms with van der Waals surface area (Å²) < 4.78 is 13.0. The van der Waals surface area contributed by atoms with E-state index < -0.39 is 0 Å². The van der Waals surface area contributed by atoms with E-state index >= 15 is 0 Å². The van der Waals surface area contributed by atoms with Crippen molar-refractivity contribution in [2.24, 2.45) is 0 Å². The summed E-state index contributed by atoms with van der Waals surface area (Å²) in [5.41, 5.74) is 0.432. The second kappa shape index (κ2) is 5.07. The van der Waals surface area contributed by atoms with E-state index in [0.717, 1.165) is 26.1 Å². The highest BCUT2D eigenvalue weighted by atomic mass is 19.1. The van der Waals surface area contributed by atoms with E-state index in [1.54, 1.807) is 17.0 Å². The van der Waals surface area contributed by atoms with Gasteiger partial charge in [-0.15, -0.1) is 0 Å². The largest absolute Gasteiger partial charge is 0.337 e. The lowest BCUT2D eigenvalue weighted by Gasteiger charge is -2.19. The van der Waals surface area contributed by atoms with Crippen molar-refractivity contribution in [2.75, 3.05) is 26.2 Å². The molecule has 0 aliphatic carbocycles. The Bertz CT molecular complexity index is 373. The Hall–Kier alpha value is -1.42. The fourth-order valence-corrected chi connectivity index (χ4v) is 1.85. The number of carbonyl (C=O) groups excluding carboxylic acids is 1. The second-order valence-electron chi connectivity index (χ2n) is 3.91. The smallest absolute Gasteiger partial charge is 0.254 e. The SMILES string of the molecule is O=C(c1cccc(F)c1)N1CCCNCC1. The van der Waals surface area contributed by atoms with Crippen LogP contribution in [0.4, 0.5) is 4.39 Å². The predicted octanol–water partition coefficient (Wildman–Crippen LogP) is 1.26. The van der Waals surface area contributed by atoms with Gasteiger partial charge < -0.3 is 10.2 Å². The van der Waals surface area contributed by atoms with E-state index in [2.05, 4.69) is 5.32 Å². The van der Waals surface area contributed by atoms with Gasteiger partial charge in [0.05, 0.1) is 0 Å². The Labute approximate surface area is 94.3 Å². The number of halogens is 1. The van der Waals surface area contributed by atoms with E-state index in [1.165, 1.54) is 12.1 Å². The maximum atomic E-state index is 13.0. The maximum absolute atomic E-state index is 13.0. The number of amides is 1. The molecule has 0 aromatic heterocycles. The van der Waals surface area contributed by atoms with Crippen molar-refractivity contribution in [3.63, 3.8) is 0 Å². The number of carbonyl (C=O) groups is 1. The molecule has 1 aliphatic rings. The van der Waals surface area contributed by atoms with Gasteiger partial charge in [-0.2, -0.15) is 0 Å². The minimum absolute atomic E-state index is 0.0804. The summed E-state index contributed by atoms with van der Waals surface area (Å²) in [4.78, 5) is 13.8. The zero-order chi connectivity index (χ0) is 11.4. The van der Waals surface area contributed by atoms with Crippen LogP contribution in [-0.4, -0.2) is 37.0 Å². The molecule has 1 N–H and O–H groups in total. The molecule has 1 aromatic rings. The molecule has 86 valence electrons. The summed E-state index contributed by atoms with van der Waals surface area (Å²) in [6, 6.07) is 5.86. The minimum Gasteiger partial charge on any atom is -0.337 e. The molecule has 1 fully saturated rings. The van der Waals surface area contributed by atoms with Gasteiger partial charge in [-0.25, -0.2) is 4.39 Å². The fourth-order valence-electron chi connectivity index (χ4n) is 1.85. The molecule has 0 saturated carbocycles. The maximum Gasteiger partial charge on any atom is 0.254 e. The van der Waals surface area contributed by atoms with Crippen molar-refractivity contribution < 1.29 is 9.18 Å². The van der Waals surface area contributed by atoms with Crippen molar-refractivity contribution in [3.8, 4) is 0 Å². The van der Waals surface area contributed by atoms with E-state index in [0.29, 0.717) is 12.1 Å². The molecule has 3 nitrogen and oxygen atoms in total. The third-order valence-electron chi connectivity index (χ3n) is 2.70. The van der Waals surface area contributed by atoms with Crippen LogP contribution in [0.5, 0.6) is 0 Å². The molecule has 1 aromatic carbocycles. The average molecular weight is 222 g/mol. The molecular weight excluding hydrogens is 207 g/mol. The number of benzene rings is 1. The first-order chi connectivity index (χ1) is 7.77. The molecule has 0 radical (unpaired) electrons. The topological polar surface area (TPSA) is 32.3 Å².